The zero-order valence-electron chi connectivity index (χ0n) is 10.6. The fraction of sp³-hybridized carbons (Fsp3) is 0.125. The van der Waals surface area contributed by atoms with Gasteiger partial charge in [0.1, 0.15) is 11.8 Å². The maximum absolute atomic E-state index is 12.0. The quantitative estimate of drug-likeness (QED) is 0.784. The van der Waals surface area contributed by atoms with E-state index in [-0.39, 0.29) is 12.4 Å². The molecule has 0 atom stereocenters. The minimum Gasteiger partial charge on any atom is -0.484 e. The van der Waals surface area contributed by atoms with E-state index in [0.717, 1.165) is 5.56 Å². The van der Waals surface area contributed by atoms with Gasteiger partial charge in [-0.05, 0) is 24.6 Å². The van der Waals surface area contributed by atoms with E-state index in [1.807, 2.05) is 31.2 Å². The van der Waals surface area contributed by atoms with Crippen molar-refractivity contribution in [3.63, 3.8) is 0 Å². The maximum Gasteiger partial charge on any atom is 0.200 e. The van der Waals surface area contributed by atoms with Crippen LogP contribution in [0.4, 0.5) is 0 Å². The van der Waals surface area contributed by atoms with Crippen LogP contribution in [0.2, 0.25) is 0 Å². The summed E-state index contributed by atoms with van der Waals surface area (Å²) < 4.78 is 5.43. The second-order valence-corrected chi connectivity index (χ2v) is 4.13. The molecule has 2 aromatic carbocycles. The third-order valence-corrected chi connectivity index (χ3v) is 2.81. The summed E-state index contributed by atoms with van der Waals surface area (Å²) in [6.07, 6.45) is 0. The Morgan fingerprint density at radius 1 is 1.16 bits per heavy atom. The number of aryl methyl sites for hydroxylation is 1. The van der Waals surface area contributed by atoms with E-state index in [1.54, 1.807) is 30.3 Å². The van der Waals surface area contributed by atoms with Gasteiger partial charge in [-0.2, -0.15) is 5.26 Å². The molecule has 0 aromatic heterocycles. The van der Waals surface area contributed by atoms with E-state index in [1.165, 1.54) is 0 Å². The summed E-state index contributed by atoms with van der Waals surface area (Å²) in [7, 11) is 0. The minimum atomic E-state index is -0.0918. The van der Waals surface area contributed by atoms with Gasteiger partial charge in [0.2, 0.25) is 0 Å². The van der Waals surface area contributed by atoms with E-state index in [9.17, 15) is 4.79 Å². The molecule has 0 saturated carbocycles. The first-order valence-corrected chi connectivity index (χ1v) is 5.93. The van der Waals surface area contributed by atoms with Gasteiger partial charge in [-0.25, -0.2) is 0 Å². The van der Waals surface area contributed by atoms with Crippen LogP contribution < -0.4 is 4.74 Å². The predicted octanol–water partition coefficient (Wildman–Crippen LogP) is 3.13. The average Bonchev–Trinajstić information content (AvgIpc) is 2.45. The average molecular weight is 251 g/mol. The molecule has 0 N–H and O–H groups in total. The Morgan fingerprint density at radius 3 is 2.58 bits per heavy atom. The number of benzene rings is 2. The molecule has 0 fully saturated rings. The normalized spacial score (nSPS) is 9.68. The number of hydrogen-bond donors (Lipinski definition) is 0. The van der Waals surface area contributed by atoms with Crippen LogP contribution in [0.1, 0.15) is 21.5 Å². The van der Waals surface area contributed by atoms with Gasteiger partial charge in [0.25, 0.3) is 0 Å². The molecule has 0 aliphatic rings. The first-order chi connectivity index (χ1) is 9.22. The zero-order chi connectivity index (χ0) is 13.7. The number of rotatable bonds is 4. The standard InChI is InChI=1S/C16H13NO2/c1-12-6-2-4-8-14(12)15(18)11-19-16-9-5-3-7-13(16)10-17/h2-9H,11H2,1H3. The summed E-state index contributed by atoms with van der Waals surface area (Å²) in [6, 6.07) is 16.3. The van der Waals surface area contributed by atoms with Gasteiger partial charge in [-0.1, -0.05) is 36.4 Å². The molecule has 0 aliphatic heterocycles. The highest BCUT2D eigenvalue weighted by Crippen LogP contribution is 2.17. The maximum atomic E-state index is 12.0. The van der Waals surface area contributed by atoms with Crippen molar-refractivity contribution in [2.24, 2.45) is 0 Å². The third kappa shape index (κ3) is 2.99. The van der Waals surface area contributed by atoms with Crippen LogP contribution in [0.25, 0.3) is 0 Å². The largest absolute Gasteiger partial charge is 0.484 e. The number of ketones is 1. The highest BCUT2D eigenvalue weighted by Gasteiger charge is 2.10. The molecule has 2 rings (SSSR count). The molecule has 0 unspecified atom stereocenters. The van der Waals surface area contributed by atoms with E-state index in [2.05, 4.69) is 0 Å². The number of carbonyl (C=O) groups excluding carboxylic acids is 1. The lowest BCUT2D eigenvalue weighted by Crippen LogP contribution is -2.13. The van der Waals surface area contributed by atoms with Crippen LogP contribution in [0.3, 0.4) is 0 Å². The Kier molecular flexibility index (Phi) is 3.94. The van der Waals surface area contributed by atoms with E-state index < -0.39 is 0 Å². The minimum absolute atomic E-state index is 0.0659. The van der Waals surface area contributed by atoms with Crippen molar-refractivity contribution in [2.75, 3.05) is 6.61 Å². The van der Waals surface area contributed by atoms with Crippen LogP contribution in [-0.2, 0) is 0 Å². The van der Waals surface area contributed by atoms with Crippen molar-refractivity contribution in [3.8, 4) is 11.8 Å². The number of para-hydroxylation sites is 1. The number of nitriles is 1. The van der Waals surface area contributed by atoms with Crippen LogP contribution in [0, 0.1) is 18.3 Å². The van der Waals surface area contributed by atoms with Gasteiger partial charge < -0.3 is 4.74 Å². The highest BCUT2D eigenvalue weighted by atomic mass is 16.5. The molecule has 0 amide bonds. The van der Waals surface area contributed by atoms with Crippen molar-refractivity contribution in [2.45, 2.75) is 6.92 Å². The number of Topliss-reactive ketones (excluding diaryl/α,β-unsaturated/α-hetero) is 1. The summed E-state index contributed by atoms with van der Waals surface area (Å²) in [5, 5.41) is 8.93. The number of hydrogen-bond acceptors (Lipinski definition) is 3. The summed E-state index contributed by atoms with van der Waals surface area (Å²) in [5.41, 5.74) is 2.00. The summed E-state index contributed by atoms with van der Waals surface area (Å²) in [6.45, 7) is 1.82. The molecular weight excluding hydrogens is 238 g/mol. The molecule has 94 valence electrons. The second kappa shape index (κ2) is 5.83. The van der Waals surface area contributed by atoms with E-state index in [0.29, 0.717) is 16.9 Å². The molecule has 2 aromatic rings. The van der Waals surface area contributed by atoms with E-state index in [4.69, 9.17) is 10.00 Å². The second-order valence-electron chi connectivity index (χ2n) is 4.13. The van der Waals surface area contributed by atoms with Crippen LogP contribution in [0.15, 0.2) is 48.5 Å². The Balaban J connectivity index is 2.10. The monoisotopic (exact) mass is 251 g/mol. The number of nitrogens with zero attached hydrogens (tertiary/aromatic N) is 1. The Labute approximate surface area is 112 Å². The molecule has 0 aliphatic carbocycles. The fourth-order valence-corrected chi connectivity index (χ4v) is 1.79. The number of ether oxygens (including phenoxy) is 1. The van der Waals surface area contributed by atoms with Crippen molar-refractivity contribution in [1.82, 2.24) is 0 Å². The van der Waals surface area contributed by atoms with Gasteiger partial charge in [0.05, 0.1) is 5.56 Å². The molecular formula is C16H13NO2. The molecule has 0 bridgehead atoms. The zero-order valence-corrected chi connectivity index (χ0v) is 10.6. The lowest BCUT2D eigenvalue weighted by atomic mass is 10.1. The molecule has 3 heteroatoms. The van der Waals surface area contributed by atoms with Gasteiger partial charge >= 0.3 is 0 Å². The van der Waals surface area contributed by atoms with Crippen molar-refractivity contribution >= 4 is 5.78 Å². The van der Waals surface area contributed by atoms with Crippen LogP contribution in [0.5, 0.6) is 5.75 Å². The lowest BCUT2D eigenvalue weighted by Gasteiger charge is -2.08. The molecule has 0 spiro atoms. The Hall–Kier alpha value is -2.60. The van der Waals surface area contributed by atoms with Gasteiger partial charge in [-0.3, -0.25) is 4.79 Å². The van der Waals surface area contributed by atoms with Crippen molar-refractivity contribution in [1.29, 1.82) is 5.26 Å². The first kappa shape index (κ1) is 12.8. The van der Waals surface area contributed by atoms with Gasteiger partial charge in [0, 0.05) is 5.56 Å². The topological polar surface area (TPSA) is 50.1 Å². The summed E-state index contributed by atoms with van der Waals surface area (Å²) >= 11 is 0. The first-order valence-electron chi connectivity index (χ1n) is 5.93. The van der Waals surface area contributed by atoms with Crippen LogP contribution in [-0.4, -0.2) is 12.4 Å². The predicted molar refractivity (Wildman–Crippen MR) is 72.2 cm³/mol. The van der Waals surface area contributed by atoms with Crippen molar-refractivity contribution < 1.29 is 9.53 Å². The number of carbonyl (C=O) groups is 1. The smallest absolute Gasteiger partial charge is 0.200 e. The van der Waals surface area contributed by atoms with Gasteiger partial charge in [-0.15, -0.1) is 0 Å². The summed E-state index contributed by atoms with van der Waals surface area (Å²) in [5.74, 6) is 0.345. The molecule has 0 radical (unpaired) electrons. The fourth-order valence-electron chi connectivity index (χ4n) is 1.79. The van der Waals surface area contributed by atoms with Gasteiger partial charge in [0.15, 0.2) is 12.4 Å². The Morgan fingerprint density at radius 2 is 1.84 bits per heavy atom. The van der Waals surface area contributed by atoms with Crippen LogP contribution >= 0.6 is 0 Å². The molecule has 3 nitrogen and oxygen atoms in total. The highest BCUT2D eigenvalue weighted by molar-refractivity contribution is 5.98. The van der Waals surface area contributed by atoms with E-state index >= 15 is 0 Å². The summed E-state index contributed by atoms with van der Waals surface area (Å²) in [4.78, 5) is 12.0. The third-order valence-electron chi connectivity index (χ3n) is 2.81. The van der Waals surface area contributed by atoms with Crippen molar-refractivity contribution in [3.05, 3.63) is 65.2 Å². The molecule has 0 heterocycles. The lowest BCUT2D eigenvalue weighted by molar-refractivity contribution is 0.0920. The Bertz CT molecular complexity index is 641. The molecule has 19 heavy (non-hydrogen) atoms. The SMILES string of the molecule is Cc1ccccc1C(=O)COc1ccccc1C#N. The molecule has 0 saturated heterocycles.